The van der Waals surface area contributed by atoms with E-state index in [0.29, 0.717) is 32.7 Å². The van der Waals surface area contributed by atoms with E-state index in [-0.39, 0.29) is 56.9 Å². The summed E-state index contributed by atoms with van der Waals surface area (Å²) in [5.41, 5.74) is 10.6. The van der Waals surface area contributed by atoms with Gasteiger partial charge < -0.3 is 52.7 Å². The fraction of sp³-hybridized carbons (Fsp3) is 0.471. The van der Waals surface area contributed by atoms with E-state index in [0.717, 1.165) is 9.80 Å². The summed E-state index contributed by atoms with van der Waals surface area (Å²) in [4.78, 5) is 105. The van der Waals surface area contributed by atoms with Gasteiger partial charge in [-0.3, -0.25) is 48.2 Å². The average Bonchev–Trinajstić information content (AvgIpc) is 3.13. The molecular weight excluding hydrogens is 708 g/mol. The Bertz CT molecular complexity index is 1590. The summed E-state index contributed by atoms with van der Waals surface area (Å²) >= 11 is 0. The molecule has 1 aromatic rings. The second-order valence-electron chi connectivity index (χ2n) is 12.4. The molecule has 0 aliphatic carbocycles. The standard InChI is InChI=1S/C34H48N10O10/c1-41-13-5-23(27(47)33(41)53)31(51)39-11-19-44(20-12-40-32(52)24-6-14-42(2)34(54)28(24)48)18-10-38-30(50)22-4-3-21(25(45)26(22)46)29(49)37-9-17-43(15-7-35)16-8-36/h3-6,13-14,23-24,45-46H,7-12,15-20,35-36H2,1-2H3,(H,37,49)(H,38,50)(H,39,51)(H,40,52). The Morgan fingerprint density at radius 2 is 0.944 bits per heavy atom. The summed E-state index contributed by atoms with van der Waals surface area (Å²) in [5, 5.41) is 31.6. The predicted molar refractivity (Wildman–Crippen MR) is 192 cm³/mol. The number of ketones is 2. The van der Waals surface area contributed by atoms with Crippen LogP contribution in [-0.2, 0) is 28.8 Å². The number of Topliss-reactive ketones (excluding diaryl/α,β-unsaturated/α-hetero) is 2. The smallest absolute Gasteiger partial charge is 0.294 e. The summed E-state index contributed by atoms with van der Waals surface area (Å²) in [5.74, 6) is -10.4. The van der Waals surface area contributed by atoms with Crippen LogP contribution in [-0.4, -0.2) is 169 Å². The van der Waals surface area contributed by atoms with Gasteiger partial charge in [-0.15, -0.1) is 0 Å². The predicted octanol–water partition coefficient (Wildman–Crippen LogP) is -4.35. The summed E-state index contributed by atoms with van der Waals surface area (Å²) in [6.07, 6.45) is 5.26. The lowest BCUT2D eigenvalue weighted by Crippen LogP contribution is -2.48. The first kappa shape index (κ1) is 42.7. The Labute approximate surface area is 311 Å². The lowest BCUT2D eigenvalue weighted by Gasteiger charge is -2.25. The number of amides is 6. The molecule has 54 heavy (non-hydrogen) atoms. The summed E-state index contributed by atoms with van der Waals surface area (Å²) in [6.45, 7) is 3.06. The fourth-order valence-corrected chi connectivity index (χ4v) is 5.49. The number of aromatic hydroxyl groups is 2. The van der Waals surface area contributed by atoms with Gasteiger partial charge in [0.1, 0.15) is 11.8 Å². The fourth-order valence-electron chi connectivity index (χ4n) is 5.49. The maximum absolute atomic E-state index is 13.0. The second kappa shape index (κ2) is 20.5. The molecule has 2 aliphatic rings. The van der Waals surface area contributed by atoms with Crippen molar-refractivity contribution in [2.75, 3.05) is 92.6 Å². The van der Waals surface area contributed by atoms with Gasteiger partial charge in [0.05, 0.1) is 11.1 Å². The van der Waals surface area contributed by atoms with Crippen LogP contribution in [0, 0.1) is 11.8 Å². The molecule has 2 aliphatic heterocycles. The zero-order chi connectivity index (χ0) is 39.9. The van der Waals surface area contributed by atoms with Crippen molar-refractivity contribution < 1.29 is 48.6 Å². The molecule has 2 unspecified atom stereocenters. The molecule has 0 fully saturated rings. The van der Waals surface area contributed by atoms with Crippen molar-refractivity contribution in [2.45, 2.75) is 0 Å². The Morgan fingerprint density at radius 3 is 1.30 bits per heavy atom. The molecule has 1 aromatic carbocycles. The topological polar surface area (TPSA) is 290 Å². The number of phenolic OH excluding ortho intramolecular Hbond substituents is 2. The van der Waals surface area contributed by atoms with Crippen LogP contribution in [0.3, 0.4) is 0 Å². The number of nitrogens with zero attached hydrogens (tertiary/aromatic N) is 4. The van der Waals surface area contributed by atoms with Gasteiger partial charge in [0.25, 0.3) is 23.6 Å². The molecule has 2 atom stereocenters. The Morgan fingerprint density at radius 1 is 0.611 bits per heavy atom. The van der Waals surface area contributed by atoms with Crippen LogP contribution >= 0.6 is 0 Å². The van der Waals surface area contributed by atoms with Gasteiger partial charge >= 0.3 is 0 Å². The molecular formula is C34H48N10O10. The van der Waals surface area contributed by atoms with E-state index in [4.69, 9.17) is 11.5 Å². The maximum atomic E-state index is 13.0. The molecule has 20 heteroatoms. The normalized spacial score (nSPS) is 17.0. The molecule has 3 rings (SSSR count). The van der Waals surface area contributed by atoms with E-state index in [9.17, 15) is 48.6 Å². The van der Waals surface area contributed by atoms with Gasteiger partial charge in [0, 0.05) is 105 Å². The van der Waals surface area contributed by atoms with Gasteiger partial charge in [-0.25, -0.2) is 0 Å². The van der Waals surface area contributed by atoms with Gasteiger partial charge in [0.2, 0.25) is 23.4 Å². The second-order valence-corrected chi connectivity index (χ2v) is 12.4. The first-order valence-corrected chi connectivity index (χ1v) is 17.2. The summed E-state index contributed by atoms with van der Waals surface area (Å²) < 4.78 is 0. The zero-order valence-electron chi connectivity index (χ0n) is 30.2. The van der Waals surface area contributed by atoms with E-state index in [2.05, 4.69) is 21.3 Å². The molecule has 10 N–H and O–H groups in total. The number of carbonyl (C=O) groups is 8. The SMILES string of the molecule is CN1C=CC(C(=O)NCCN(CCNC(=O)c2ccc(C(=O)NCCN(CCN)CCN)c(O)c2O)CCNC(=O)C2C=CN(C)C(=O)C2=O)C(=O)C1=O. The molecule has 0 radical (unpaired) electrons. The highest BCUT2D eigenvalue weighted by molar-refractivity contribution is 6.42. The van der Waals surface area contributed by atoms with E-state index in [1.807, 2.05) is 4.90 Å². The molecule has 2 heterocycles. The van der Waals surface area contributed by atoms with Gasteiger partial charge in [-0.1, -0.05) is 0 Å². The van der Waals surface area contributed by atoms with Gasteiger partial charge in [-0.05, 0) is 24.3 Å². The number of benzene rings is 1. The van der Waals surface area contributed by atoms with Gasteiger partial charge in [-0.2, -0.15) is 0 Å². The number of hydrogen-bond acceptors (Lipinski definition) is 14. The highest BCUT2D eigenvalue weighted by Gasteiger charge is 2.35. The van der Waals surface area contributed by atoms with Crippen molar-refractivity contribution in [1.82, 2.24) is 40.9 Å². The van der Waals surface area contributed by atoms with E-state index in [1.54, 1.807) is 4.90 Å². The van der Waals surface area contributed by atoms with E-state index in [1.165, 1.54) is 50.8 Å². The molecule has 0 bridgehead atoms. The Kier molecular flexibility index (Phi) is 16.2. The number of likely N-dealkylation sites (N-methyl/N-ethyl adjacent to an activating group) is 2. The minimum absolute atomic E-state index is 0.00329. The molecule has 0 saturated carbocycles. The number of nitrogens with one attached hydrogen (secondary N) is 4. The number of phenols is 2. The summed E-state index contributed by atoms with van der Waals surface area (Å²) in [7, 11) is 2.78. The lowest BCUT2D eigenvalue weighted by atomic mass is 9.99. The number of rotatable bonds is 20. The number of carbonyl (C=O) groups excluding carboxylic acids is 8. The molecule has 20 nitrogen and oxygen atoms in total. The Hall–Kier alpha value is -5.70. The van der Waals surface area contributed by atoms with Crippen LogP contribution in [0.25, 0.3) is 0 Å². The largest absolute Gasteiger partial charge is 0.504 e. The molecule has 0 saturated heterocycles. The monoisotopic (exact) mass is 756 g/mol. The van der Waals surface area contributed by atoms with Crippen molar-refractivity contribution in [3.63, 3.8) is 0 Å². The van der Waals surface area contributed by atoms with Crippen LogP contribution in [0.2, 0.25) is 0 Å². The van der Waals surface area contributed by atoms with Crippen molar-refractivity contribution in [2.24, 2.45) is 23.3 Å². The van der Waals surface area contributed by atoms with Crippen LogP contribution in [0.4, 0.5) is 0 Å². The number of nitrogens with two attached hydrogens (primary N) is 2. The van der Waals surface area contributed by atoms with Crippen LogP contribution in [0.15, 0.2) is 36.7 Å². The van der Waals surface area contributed by atoms with Crippen molar-refractivity contribution in [3.8, 4) is 11.5 Å². The molecule has 294 valence electrons. The first-order chi connectivity index (χ1) is 25.7. The lowest BCUT2D eigenvalue weighted by molar-refractivity contribution is -0.147. The quantitative estimate of drug-likeness (QED) is 0.0355. The van der Waals surface area contributed by atoms with Crippen molar-refractivity contribution in [1.29, 1.82) is 0 Å². The van der Waals surface area contributed by atoms with Crippen LogP contribution < -0.4 is 32.7 Å². The zero-order valence-corrected chi connectivity index (χ0v) is 30.2. The minimum atomic E-state index is -1.29. The third kappa shape index (κ3) is 11.4. The third-order valence-electron chi connectivity index (χ3n) is 8.61. The maximum Gasteiger partial charge on any atom is 0.294 e. The molecule has 0 spiro atoms. The van der Waals surface area contributed by atoms with Crippen molar-refractivity contribution >= 4 is 47.0 Å². The Balaban J connectivity index is 1.59. The van der Waals surface area contributed by atoms with E-state index < -0.39 is 70.3 Å². The highest BCUT2D eigenvalue weighted by atomic mass is 16.3. The van der Waals surface area contributed by atoms with E-state index >= 15 is 0 Å². The summed E-state index contributed by atoms with van der Waals surface area (Å²) in [6, 6.07) is 2.38. The molecule has 0 aromatic heterocycles. The number of hydrogen-bond donors (Lipinski definition) is 8. The van der Waals surface area contributed by atoms with Crippen molar-refractivity contribution in [3.05, 3.63) is 47.8 Å². The highest BCUT2D eigenvalue weighted by Crippen LogP contribution is 2.32. The minimum Gasteiger partial charge on any atom is -0.504 e. The van der Waals surface area contributed by atoms with Gasteiger partial charge in [0.15, 0.2) is 11.5 Å². The first-order valence-electron chi connectivity index (χ1n) is 17.2. The van der Waals surface area contributed by atoms with Crippen LogP contribution in [0.5, 0.6) is 11.5 Å². The third-order valence-corrected chi connectivity index (χ3v) is 8.61. The van der Waals surface area contributed by atoms with Crippen LogP contribution in [0.1, 0.15) is 20.7 Å². The average molecular weight is 757 g/mol. The molecule has 6 amide bonds.